The van der Waals surface area contributed by atoms with E-state index in [9.17, 15) is 24.8 Å². The fourth-order valence-electron chi connectivity index (χ4n) is 4.46. The Labute approximate surface area is 229 Å². The number of carbonyl (C=O) groups is 3. The van der Waals surface area contributed by atoms with E-state index in [-0.39, 0.29) is 40.5 Å². The summed E-state index contributed by atoms with van der Waals surface area (Å²) in [6.07, 6.45) is 3.28. The monoisotopic (exact) mass is 539 g/mol. The number of carbonyl (C=O) groups excluding carboxylic acids is 2. The molecule has 2 heterocycles. The zero-order valence-electron chi connectivity index (χ0n) is 21.6. The number of ether oxygens (including phenoxy) is 2. The van der Waals surface area contributed by atoms with E-state index >= 15 is 0 Å². The van der Waals surface area contributed by atoms with Crippen molar-refractivity contribution in [3.63, 3.8) is 0 Å². The first kappa shape index (κ1) is 27.4. The van der Waals surface area contributed by atoms with Gasteiger partial charge in [0.05, 0.1) is 54.3 Å². The molecule has 0 radical (unpaired) electrons. The van der Waals surface area contributed by atoms with E-state index in [1.54, 1.807) is 48.8 Å². The first-order valence-corrected chi connectivity index (χ1v) is 12.0. The number of nitrogens with zero attached hydrogens (tertiary/aromatic N) is 3. The van der Waals surface area contributed by atoms with Crippen LogP contribution in [0.2, 0.25) is 0 Å². The number of carboxylic acid groups (broad SMARTS) is 1. The largest absolute Gasteiger partial charge is 0.478 e. The molecule has 0 amide bonds. The van der Waals surface area contributed by atoms with Crippen molar-refractivity contribution in [3.05, 3.63) is 112 Å². The zero-order valence-corrected chi connectivity index (χ0v) is 21.6. The Morgan fingerprint density at radius 1 is 1.07 bits per heavy atom. The molecular formula is C29H25N5O6. The number of pyridine rings is 1. The van der Waals surface area contributed by atoms with Crippen LogP contribution in [0.15, 0.2) is 95.7 Å². The number of rotatable bonds is 8. The van der Waals surface area contributed by atoms with E-state index in [0.29, 0.717) is 11.3 Å². The molecule has 0 fully saturated rings. The van der Waals surface area contributed by atoms with Crippen molar-refractivity contribution in [1.82, 2.24) is 4.98 Å². The van der Waals surface area contributed by atoms with Gasteiger partial charge in [-0.25, -0.2) is 14.4 Å². The number of hydrogen-bond donors (Lipinski definition) is 3. The van der Waals surface area contributed by atoms with Crippen LogP contribution in [0, 0.1) is 11.3 Å². The molecule has 0 bridgehead atoms. The summed E-state index contributed by atoms with van der Waals surface area (Å²) in [6.45, 7) is 0.281. The number of hydrogen-bond acceptors (Lipinski definition) is 10. The van der Waals surface area contributed by atoms with Gasteiger partial charge in [-0.1, -0.05) is 36.4 Å². The van der Waals surface area contributed by atoms with Gasteiger partial charge in [-0.05, 0) is 35.4 Å². The summed E-state index contributed by atoms with van der Waals surface area (Å²) in [5.41, 5.74) is 7.71. The summed E-state index contributed by atoms with van der Waals surface area (Å²) in [4.78, 5) is 43.9. The predicted octanol–water partition coefficient (Wildman–Crippen LogP) is 3.29. The van der Waals surface area contributed by atoms with Gasteiger partial charge >= 0.3 is 17.9 Å². The molecule has 11 heteroatoms. The van der Waals surface area contributed by atoms with Crippen LogP contribution in [0.1, 0.15) is 27.4 Å². The van der Waals surface area contributed by atoms with Gasteiger partial charge in [0, 0.05) is 18.9 Å². The summed E-state index contributed by atoms with van der Waals surface area (Å²) in [7, 11) is 2.28. The molecule has 3 aromatic rings. The Morgan fingerprint density at radius 3 is 2.40 bits per heavy atom. The number of carboxylic acids is 1. The van der Waals surface area contributed by atoms with Crippen molar-refractivity contribution in [2.75, 3.05) is 24.4 Å². The third-order valence-electron chi connectivity index (χ3n) is 6.30. The van der Waals surface area contributed by atoms with E-state index in [1.165, 1.54) is 18.2 Å². The Balaban J connectivity index is 2.02. The molecule has 0 spiro atoms. The molecule has 0 saturated carbocycles. The molecule has 1 aliphatic heterocycles. The van der Waals surface area contributed by atoms with Crippen LogP contribution in [0.4, 0.5) is 11.4 Å². The molecule has 202 valence electrons. The van der Waals surface area contributed by atoms with Crippen LogP contribution >= 0.6 is 0 Å². The Morgan fingerprint density at radius 2 is 1.80 bits per heavy atom. The first-order valence-electron chi connectivity index (χ1n) is 12.0. The van der Waals surface area contributed by atoms with Crippen LogP contribution in [-0.4, -0.2) is 42.2 Å². The zero-order chi connectivity index (χ0) is 28.8. The Bertz CT molecular complexity index is 1560. The summed E-state index contributed by atoms with van der Waals surface area (Å²) in [6, 6.07) is 18.4. The Kier molecular flexibility index (Phi) is 8.10. The molecule has 4 N–H and O–H groups in total. The average molecular weight is 540 g/mol. The minimum atomic E-state index is -1.24. The quantitative estimate of drug-likeness (QED) is 0.359. The second-order valence-corrected chi connectivity index (χ2v) is 8.59. The second-order valence-electron chi connectivity index (χ2n) is 8.59. The van der Waals surface area contributed by atoms with Crippen LogP contribution < -0.4 is 16.0 Å². The molecule has 1 aliphatic rings. The number of benzene rings is 2. The molecule has 1 unspecified atom stereocenters. The van der Waals surface area contributed by atoms with Crippen molar-refractivity contribution in [3.8, 4) is 6.07 Å². The van der Waals surface area contributed by atoms with E-state index < -0.39 is 23.8 Å². The molecule has 0 aliphatic carbocycles. The minimum Gasteiger partial charge on any atom is -0.478 e. The summed E-state index contributed by atoms with van der Waals surface area (Å²) in [5.74, 6) is -4.31. The highest BCUT2D eigenvalue weighted by atomic mass is 16.5. The lowest BCUT2D eigenvalue weighted by Crippen LogP contribution is -2.41. The molecule has 4 rings (SSSR count). The standard InChI is InChI=1S/C29H25N5O6/c1-39-28(37)24-23(18-8-4-3-5-9-18)20(14-30)26(31)34(25(24)29(38)40-2)22-13-19(27(35)36)10-11-21(22)33-16-17-7-6-12-32-15-17/h3-13,15,23,33H,16,31H2,1-2H3,(H,35,36). The third-order valence-corrected chi connectivity index (χ3v) is 6.30. The van der Waals surface area contributed by atoms with Gasteiger partial charge < -0.3 is 25.6 Å². The van der Waals surface area contributed by atoms with Gasteiger partial charge in [0.15, 0.2) is 0 Å². The lowest BCUT2D eigenvalue weighted by molar-refractivity contribution is -0.139. The summed E-state index contributed by atoms with van der Waals surface area (Å²) < 4.78 is 10.1. The molecule has 0 saturated heterocycles. The van der Waals surface area contributed by atoms with E-state index in [0.717, 1.165) is 24.7 Å². The topological polar surface area (TPSA) is 168 Å². The van der Waals surface area contributed by atoms with Crippen LogP contribution in [0.25, 0.3) is 0 Å². The van der Waals surface area contributed by atoms with Gasteiger partial charge in [0.2, 0.25) is 0 Å². The minimum absolute atomic E-state index is 0.0433. The fourth-order valence-corrected chi connectivity index (χ4v) is 4.46. The van der Waals surface area contributed by atoms with Crippen molar-refractivity contribution < 1.29 is 29.0 Å². The number of nitriles is 1. The molecule has 40 heavy (non-hydrogen) atoms. The van der Waals surface area contributed by atoms with Gasteiger partial charge in [-0.3, -0.25) is 9.88 Å². The fraction of sp³-hybridized carbons (Fsp3) is 0.138. The second kappa shape index (κ2) is 11.8. The maximum absolute atomic E-state index is 13.4. The van der Waals surface area contributed by atoms with Crippen LogP contribution in [0.3, 0.4) is 0 Å². The molecule has 1 aromatic heterocycles. The SMILES string of the molecule is COC(=O)C1=C(C(=O)OC)N(c2cc(C(=O)O)ccc2NCc2cccnc2)C(N)=C(C#N)C1c1ccccc1. The number of aromatic nitrogens is 1. The molecule has 2 aromatic carbocycles. The summed E-state index contributed by atoms with van der Waals surface area (Å²) >= 11 is 0. The summed E-state index contributed by atoms with van der Waals surface area (Å²) in [5, 5.41) is 23.2. The number of aromatic carboxylic acids is 1. The number of methoxy groups -OCH3 is 2. The molecule has 11 nitrogen and oxygen atoms in total. The van der Waals surface area contributed by atoms with E-state index in [1.807, 2.05) is 6.07 Å². The van der Waals surface area contributed by atoms with Crippen LogP contribution in [0.5, 0.6) is 0 Å². The molecular weight excluding hydrogens is 514 g/mol. The van der Waals surface area contributed by atoms with Crippen molar-refractivity contribution in [2.45, 2.75) is 12.5 Å². The first-order chi connectivity index (χ1) is 19.3. The average Bonchev–Trinajstić information content (AvgIpc) is 2.99. The Hall–Kier alpha value is -5.63. The molecule has 1 atom stereocenters. The number of anilines is 2. The third kappa shape index (κ3) is 5.19. The lowest BCUT2D eigenvalue weighted by atomic mass is 9.81. The van der Waals surface area contributed by atoms with Gasteiger partial charge in [-0.2, -0.15) is 5.26 Å². The van der Waals surface area contributed by atoms with E-state index in [2.05, 4.69) is 16.4 Å². The highest BCUT2D eigenvalue weighted by Crippen LogP contribution is 2.45. The number of nitrogens with two attached hydrogens (primary N) is 1. The number of allylic oxidation sites excluding steroid dienone is 1. The maximum atomic E-state index is 13.4. The highest BCUT2D eigenvalue weighted by Gasteiger charge is 2.43. The van der Waals surface area contributed by atoms with Gasteiger partial charge in [-0.15, -0.1) is 0 Å². The number of esters is 2. The normalized spacial score (nSPS) is 14.8. The highest BCUT2D eigenvalue weighted by molar-refractivity contribution is 6.07. The van der Waals surface area contributed by atoms with Gasteiger partial charge in [0.25, 0.3) is 0 Å². The maximum Gasteiger partial charge on any atom is 0.355 e. The van der Waals surface area contributed by atoms with Crippen molar-refractivity contribution >= 4 is 29.3 Å². The van der Waals surface area contributed by atoms with Gasteiger partial charge in [0.1, 0.15) is 11.5 Å². The van der Waals surface area contributed by atoms with E-state index in [4.69, 9.17) is 15.2 Å². The number of nitrogens with one attached hydrogen (secondary N) is 1. The predicted molar refractivity (Wildman–Crippen MR) is 145 cm³/mol. The smallest absolute Gasteiger partial charge is 0.355 e. The van der Waals surface area contributed by atoms with Crippen LogP contribution in [-0.2, 0) is 25.6 Å². The van der Waals surface area contributed by atoms with Crippen molar-refractivity contribution in [1.29, 1.82) is 5.26 Å². The van der Waals surface area contributed by atoms with Crippen molar-refractivity contribution in [2.24, 2.45) is 5.73 Å². The lowest BCUT2D eigenvalue weighted by Gasteiger charge is -2.36.